The minimum Gasteiger partial charge on any atom is -0.485 e. The van der Waals surface area contributed by atoms with Gasteiger partial charge in [-0.3, -0.25) is 4.79 Å². The molecule has 0 radical (unpaired) electrons. The number of carbonyl (C=O) groups is 2. The molecular formula is C19H21NO6. The Morgan fingerprint density at radius 3 is 2.65 bits per heavy atom. The Balaban J connectivity index is 1.78. The zero-order valence-corrected chi connectivity index (χ0v) is 15.3. The molecule has 1 aromatic heterocycles. The van der Waals surface area contributed by atoms with Gasteiger partial charge >= 0.3 is 5.97 Å². The van der Waals surface area contributed by atoms with Crippen LogP contribution < -0.4 is 14.2 Å². The first-order valence-electron chi connectivity index (χ1n) is 8.32. The van der Waals surface area contributed by atoms with Gasteiger partial charge in [-0.05, 0) is 38.5 Å². The molecule has 0 aliphatic carbocycles. The van der Waals surface area contributed by atoms with Crippen molar-refractivity contribution < 1.29 is 28.5 Å². The lowest BCUT2D eigenvalue weighted by atomic mass is 10.1. The molecular weight excluding hydrogens is 338 g/mol. The van der Waals surface area contributed by atoms with Crippen LogP contribution >= 0.6 is 0 Å². The SMILES string of the molecule is CCOC(=O)c1c(C)c(C(=O)COc2ccc3c(c2)OCO3)c(C)n1C. The summed E-state index contributed by atoms with van der Waals surface area (Å²) in [6, 6.07) is 5.14. The van der Waals surface area contributed by atoms with Gasteiger partial charge in [0.1, 0.15) is 11.4 Å². The van der Waals surface area contributed by atoms with Gasteiger partial charge in [-0.15, -0.1) is 0 Å². The summed E-state index contributed by atoms with van der Waals surface area (Å²) >= 11 is 0. The third kappa shape index (κ3) is 3.12. The Bertz CT molecular complexity index is 867. The highest BCUT2D eigenvalue weighted by Crippen LogP contribution is 2.35. The number of hydrogen-bond acceptors (Lipinski definition) is 6. The van der Waals surface area contributed by atoms with Crippen molar-refractivity contribution >= 4 is 11.8 Å². The van der Waals surface area contributed by atoms with Crippen LogP contribution in [0.15, 0.2) is 18.2 Å². The molecule has 2 heterocycles. The van der Waals surface area contributed by atoms with E-state index in [2.05, 4.69) is 0 Å². The molecule has 1 aliphatic heterocycles. The van der Waals surface area contributed by atoms with Gasteiger partial charge < -0.3 is 23.5 Å². The zero-order valence-electron chi connectivity index (χ0n) is 15.3. The van der Waals surface area contributed by atoms with Gasteiger partial charge in [-0.1, -0.05) is 0 Å². The smallest absolute Gasteiger partial charge is 0.355 e. The van der Waals surface area contributed by atoms with Crippen LogP contribution in [-0.2, 0) is 11.8 Å². The van der Waals surface area contributed by atoms with Crippen molar-refractivity contribution in [3.05, 3.63) is 40.7 Å². The Labute approximate surface area is 151 Å². The Morgan fingerprint density at radius 1 is 1.19 bits per heavy atom. The molecule has 7 heteroatoms. The Hall–Kier alpha value is -2.96. The lowest BCUT2D eigenvalue weighted by Crippen LogP contribution is -2.13. The maximum Gasteiger partial charge on any atom is 0.355 e. The number of esters is 1. The maximum atomic E-state index is 12.7. The van der Waals surface area contributed by atoms with Gasteiger partial charge in [0.05, 0.1) is 6.61 Å². The van der Waals surface area contributed by atoms with Crippen LogP contribution in [0.1, 0.15) is 39.0 Å². The second kappa shape index (κ2) is 7.11. The van der Waals surface area contributed by atoms with E-state index in [1.807, 2.05) is 0 Å². The number of rotatable bonds is 6. The molecule has 0 unspecified atom stereocenters. The summed E-state index contributed by atoms with van der Waals surface area (Å²) in [6.45, 7) is 5.59. The average molecular weight is 359 g/mol. The standard InChI is InChI=1S/C19H21NO6/c1-5-23-19(22)18-11(2)17(12(3)20(18)4)14(21)9-24-13-6-7-15-16(8-13)26-10-25-15/h6-8H,5,9-10H2,1-4H3. The number of fused-ring (bicyclic) bond motifs is 1. The number of nitrogens with zero attached hydrogens (tertiary/aromatic N) is 1. The van der Waals surface area contributed by atoms with Crippen molar-refractivity contribution in [3.63, 3.8) is 0 Å². The first kappa shape index (κ1) is 17.8. The van der Waals surface area contributed by atoms with Crippen LogP contribution in [0, 0.1) is 13.8 Å². The quantitative estimate of drug-likeness (QED) is 0.583. The van der Waals surface area contributed by atoms with E-state index in [1.54, 1.807) is 50.6 Å². The minimum atomic E-state index is -0.439. The lowest BCUT2D eigenvalue weighted by molar-refractivity contribution is 0.0514. The summed E-state index contributed by atoms with van der Waals surface area (Å²) in [7, 11) is 1.74. The van der Waals surface area contributed by atoms with Crippen LogP contribution in [0.3, 0.4) is 0 Å². The van der Waals surface area contributed by atoms with Crippen LogP contribution in [0.2, 0.25) is 0 Å². The van der Waals surface area contributed by atoms with Crippen LogP contribution in [-0.4, -0.2) is 36.3 Å². The van der Waals surface area contributed by atoms with Crippen molar-refractivity contribution in [2.24, 2.45) is 7.05 Å². The van der Waals surface area contributed by atoms with E-state index in [-0.39, 0.29) is 25.8 Å². The van der Waals surface area contributed by atoms with Crippen molar-refractivity contribution in [3.8, 4) is 17.2 Å². The van der Waals surface area contributed by atoms with Gasteiger partial charge in [0.15, 0.2) is 18.1 Å². The molecule has 138 valence electrons. The maximum absolute atomic E-state index is 12.7. The molecule has 0 saturated carbocycles. The molecule has 7 nitrogen and oxygen atoms in total. The van der Waals surface area contributed by atoms with Crippen molar-refractivity contribution in [2.75, 3.05) is 20.0 Å². The second-order valence-corrected chi connectivity index (χ2v) is 5.94. The average Bonchev–Trinajstić information content (AvgIpc) is 3.15. The zero-order chi connectivity index (χ0) is 18.8. The number of carbonyl (C=O) groups excluding carboxylic acids is 2. The number of aromatic nitrogens is 1. The van der Waals surface area contributed by atoms with E-state index >= 15 is 0 Å². The molecule has 26 heavy (non-hydrogen) atoms. The molecule has 3 rings (SSSR count). The largest absolute Gasteiger partial charge is 0.485 e. The summed E-state index contributed by atoms with van der Waals surface area (Å²) in [4.78, 5) is 24.8. The highest BCUT2D eigenvalue weighted by Gasteiger charge is 2.26. The third-order valence-corrected chi connectivity index (χ3v) is 4.39. The highest BCUT2D eigenvalue weighted by atomic mass is 16.7. The van der Waals surface area contributed by atoms with Crippen molar-refractivity contribution in [2.45, 2.75) is 20.8 Å². The molecule has 0 fully saturated rings. The fourth-order valence-corrected chi connectivity index (χ4v) is 3.06. The number of ketones is 1. The molecule has 0 atom stereocenters. The van der Waals surface area contributed by atoms with Crippen LogP contribution in [0.25, 0.3) is 0 Å². The fraction of sp³-hybridized carbons (Fsp3) is 0.368. The van der Waals surface area contributed by atoms with E-state index in [4.69, 9.17) is 18.9 Å². The van der Waals surface area contributed by atoms with E-state index in [1.165, 1.54) is 0 Å². The van der Waals surface area contributed by atoms with E-state index in [0.29, 0.717) is 39.8 Å². The van der Waals surface area contributed by atoms with Crippen LogP contribution in [0.5, 0.6) is 17.2 Å². The minimum absolute atomic E-state index is 0.145. The van der Waals surface area contributed by atoms with E-state index in [9.17, 15) is 9.59 Å². The molecule has 0 spiro atoms. The number of ether oxygens (including phenoxy) is 4. The monoisotopic (exact) mass is 359 g/mol. The van der Waals surface area contributed by atoms with Gasteiger partial charge in [0.2, 0.25) is 12.6 Å². The molecule has 1 aliphatic rings. The van der Waals surface area contributed by atoms with Gasteiger partial charge in [0, 0.05) is 24.4 Å². The lowest BCUT2D eigenvalue weighted by Gasteiger charge is -2.07. The number of benzene rings is 1. The van der Waals surface area contributed by atoms with Crippen LogP contribution in [0.4, 0.5) is 0 Å². The molecule has 0 bridgehead atoms. The predicted octanol–water partition coefficient (Wildman–Crippen LogP) is 2.81. The third-order valence-electron chi connectivity index (χ3n) is 4.39. The summed E-state index contributed by atoms with van der Waals surface area (Å²) in [5, 5.41) is 0. The summed E-state index contributed by atoms with van der Waals surface area (Å²) in [5.74, 6) is 1.11. The molecule has 0 saturated heterocycles. The Morgan fingerprint density at radius 2 is 1.92 bits per heavy atom. The highest BCUT2D eigenvalue weighted by molar-refractivity contribution is 6.03. The summed E-state index contributed by atoms with van der Waals surface area (Å²) in [5.41, 5.74) is 2.17. The molecule has 1 aromatic carbocycles. The Kier molecular flexibility index (Phi) is 4.88. The fourth-order valence-electron chi connectivity index (χ4n) is 3.06. The van der Waals surface area contributed by atoms with Gasteiger partial charge in [0.25, 0.3) is 0 Å². The first-order chi connectivity index (χ1) is 12.4. The second-order valence-electron chi connectivity index (χ2n) is 5.94. The molecule has 2 aromatic rings. The first-order valence-corrected chi connectivity index (χ1v) is 8.32. The number of hydrogen-bond donors (Lipinski definition) is 0. The predicted molar refractivity (Wildman–Crippen MR) is 93.2 cm³/mol. The van der Waals surface area contributed by atoms with Gasteiger partial charge in [-0.2, -0.15) is 0 Å². The molecule has 0 N–H and O–H groups in total. The van der Waals surface area contributed by atoms with Crippen molar-refractivity contribution in [1.29, 1.82) is 0 Å². The number of Topliss-reactive ketones (excluding diaryl/α,β-unsaturated/α-hetero) is 1. The summed E-state index contributed by atoms with van der Waals surface area (Å²) in [6.07, 6.45) is 0. The van der Waals surface area contributed by atoms with Crippen molar-refractivity contribution in [1.82, 2.24) is 4.57 Å². The van der Waals surface area contributed by atoms with E-state index < -0.39 is 5.97 Å². The molecule has 0 amide bonds. The normalized spacial score (nSPS) is 12.2. The van der Waals surface area contributed by atoms with E-state index in [0.717, 1.165) is 0 Å². The van der Waals surface area contributed by atoms with Gasteiger partial charge in [-0.25, -0.2) is 4.79 Å². The topological polar surface area (TPSA) is 76.0 Å². The summed E-state index contributed by atoms with van der Waals surface area (Å²) < 4.78 is 22.9.